The second-order valence-corrected chi connectivity index (χ2v) is 6.24. The van der Waals surface area contributed by atoms with Crippen LogP contribution in [0, 0.1) is 19.8 Å². The monoisotopic (exact) mass is 275 g/mol. The van der Waals surface area contributed by atoms with Crippen LogP contribution in [-0.2, 0) is 11.3 Å². The molecule has 0 bridgehead atoms. The summed E-state index contributed by atoms with van der Waals surface area (Å²) in [7, 11) is 0. The molecule has 1 aromatic heterocycles. The molecule has 1 aromatic rings. The Balaban J connectivity index is 1.60. The molecule has 2 aliphatic rings. The number of aryl methyl sites for hydroxylation is 1. The van der Waals surface area contributed by atoms with Gasteiger partial charge >= 0.3 is 0 Å². The van der Waals surface area contributed by atoms with E-state index in [0.29, 0.717) is 12.6 Å². The van der Waals surface area contributed by atoms with E-state index in [1.807, 2.05) is 0 Å². The molecule has 0 atom stereocenters. The van der Waals surface area contributed by atoms with Crippen LogP contribution in [0.15, 0.2) is 6.07 Å². The molecular weight excluding hydrogens is 250 g/mol. The number of rotatable bonds is 4. The van der Waals surface area contributed by atoms with Gasteiger partial charge in [0.1, 0.15) is 0 Å². The third kappa shape index (κ3) is 2.75. The molecule has 3 rings (SSSR count). The van der Waals surface area contributed by atoms with Crippen LogP contribution in [0.4, 0.5) is 0 Å². The largest absolute Gasteiger partial charge is 0.352 e. The topological polar surface area (TPSA) is 46.1 Å². The SMILES string of the molecule is Cc1cc(CNC(=O)C2CCNCC2)c(C)n1C1CC1. The van der Waals surface area contributed by atoms with Crippen LogP contribution in [0.2, 0.25) is 0 Å². The molecule has 2 heterocycles. The summed E-state index contributed by atoms with van der Waals surface area (Å²) >= 11 is 0. The highest BCUT2D eigenvalue weighted by atomic mass is 16.1. The van der Waals surface area contributed by atoms with Gasteiger partial charge < -0.3 is 15.2 Å². The summed E-state index contributed by atoms with van der Waals surface area (Å²) in [6, 6.07) is 2.94. The second-order valence-electron chi connectivity index (χ2n) is 6.24. The number of carbonyl (C=O) groups excluding carboxylic acids is 1. The first-order valence-corrected chi connectivity index (χ1v) is 7.82. The van der Waals surface area contributed by atoms with Crippen LogP contribution in [0.3, 0.4) is 0 Å². The molecule has 1 aliphatic carbocycles. The summed E-state index contributed by atoms with van der Waals surface area (Å²) in [6.45, 7) is 6.96. The predicted molar refractivity (Wildman–Crippen MR) is 79.6 cm³/mol. The lowest BCUT2D eigenvalue weighted by Crippen LogP contribution is -2.37. The zero-order valence-electron chi connectivity index (χ0n) is 12.5. The lowest BCUT2D eigenvalue weighted by molar-refractivity contribution is -0.125. The van der Waals surface area contributed by atoms with E-state index in [9.17, 15) is 4.79 Å². The molecule has 0 radical (unpaired) electrons. The van der Waals surface area contributed by atoms with Crippen LogP contribution in [0.5, 0.6) is 0 Å². The zero-order valence-corrected chi connectivity index (χ0v) is 12.5. The number of aromatic nitrogens is 1. The first-order chi connectivity index (χ1) is 9.66. The Kier molecular flexibility index (Phi) is 3.83. The van der Waals surface area contributed by atoms with Crippen molar-refractivity contribution >= 4 is 5.91 Å². The molecule has 1 saturated carbocycles. The number of amides is 1. The van der Waals surface area contributed by atoms with Gasteiger partial charge in [-0.1, -0.05) is 0 Å². The highest BCUT2D eigenvalue weighted by Crippen LogP contribution is 2.38. The Bertz CT molecular complexity index is 496. The maximum atomic E-state index is 12.2. The Labute approximate surface area is 120 Å². The van der Waals surface area contributed by atoms with Gasteiger partial charge in [0.05, 0.1) is 0 Å². The van der Waals surface area contributed by atoms with Gasteiger partial charge in [0.2, 0.25) is 5.91 Å². The standard InChI is InChI=1S/C16H25N3O/c1-11-9-14(12(2)19(11)15-3-4-15)10-18-16(20)13-5-7-17-8-6-13/h9,13,15,17H,3-8,10H2,1-2H3,(H,18,20). The van der Waals surface area contributed by atoms with E-state index in [0.717, 1.165) is 25.9 Å². The lowest BCUT2D eigenvalue weighted by Gasteiger charge is -2.21. The van der Waals surface area contributed by atoms with E-state index in [1.165, 1.54) is 29.8 Å². The molecule has 1 aliphatic heterocycles. The van der Waals surface area contributed by atoms with E-state index < -0.39 is 0 Å². The summed E-state index contributed by atoms with van der Waals surface area (Å²) in [4.78, 5) is 12.2. The number of piperidine rings is 1. The van der Waals surface area contributed by atoms with Crippen molar-refractivity contribution in [2.24, 2.45) is 5.92 Å². The minimum absolute atomic E-state index is 0.197. The molecule has 4 nitrogen and oxygen atoms in total. The Morgan fingerprint density at radius 1 is 1.30 bits per heavy atom. The minimum atomic E-state index is 0.197. The fourth-order valence-corrected chi connectivity index (χ4v) is 3.33. The molecule has 2 N–H and O–H groups in total. The van der Waals surface area contributed by atoms with Crippen LogP contribution < -0.4 is 10.6 Å². The first-order valence-electron chi connectivity index (χ1n) is 7.82. The number of hydrogen-bond donors (Lipinski definition) is 2. The second kappa shape index (κ2) is 5.60. The van der Waals surface area contributed by atoms with E-state index in [1.54, 1.807) is 0 Å². The fourth-order valence-electron chi connectivity index (χ4n) is 3.33. The highest BCUT2D eigenvalue weighted by molar-refractivity contribution is 5.78. The molecular formula is C16H25N3O. The zero-order chi connectivity index (χ0) is 14.1. The van der Waals surface area contributed by atoms with Gasteiger partial charge in [-0.15, -0.1) is 0 Å². The van der Waals surface area contributed by atoms with E-state index in [-0.39, 0.29) is 11.8 Å². The molecule has 110 valence electrons. The van der Waals surface area contributed by atoms with Gasteiger partial charge in [0.15, 0.2) is 0 Å². The van der Waals surface area contributed by atoms with Crippen LogP contribution in [-0.4, -0.2) is 23.6 Å². The van der Waals surface area contributed by atoms with Gasteiger partial charge in [-0.05, 0) is 64.3 Å². The number of hydrogen-bond acceptors (Lipinski definition) is 2. The average molecular weight is 275 g/mol. The quantitative estimate of drug-likeness (QED) is 0.883. The van der Waals surface area contributed by atoms with Crippen molar-refractivity contribution in [2.75, 3.05) is 13.1 Å². The van der Waals surface area contributed by atoms with Crippen molar-refractivity contribution in [3.63, 3.8) is 0 Å². The van der Waals surface area contributed by atoms with Crippen molar-refractivity contribution in [1.29, 1.82) is 0 Å². The highest BCUT2D eigenvalue weighted by Gasteiger charge is 2.27. The van der Waals surface area contributed by atoms with Crippen LogP contribution in [0.1, 0.15) is 48.7 Å². The summed E-state index contributed by atoms with van der Waals surface area (Å²) in [5.74, 6) is 0.422. The third-order valence-electron chi connectivity index (χ3n) is 4.66. The van der Waals surface area contributed by atoms with Crippen molar-refractivity contribution < 1.29 is 4.79 Å². The number of nitrogens with zero attached hydrogens (tertiary/aromatic N) is 1. The lowest BCUT2D eigenvalue weighted by atomic mass is 9.97. The molecule has 0 unspecified atom stereocenters. The molecule has 0 spiro atoms. The maximum absolute atomic E-state index is 12.2. The smallest absolute Gasteiger partial charge is 0.223 e. The van der Waals surface area contributed by atoms with Gasteiger partial charge in [-0.2, -0.15) is 0 Å². The Morgan fingerprint density at radius 2 is 2.00 bits per heavy atom. The maximum Gasteiger partial charge on any atom is 0.223 e. The summed E-state index contributed by atoms with van der Waals surface area (Å²) in [5, 5.41) is 6.43. The van der Waals surface area contributed by atoms with Crippen molar-refractivity contribution in [2.45, 2.75) is 52.1 Å². The van der Waals surface area contributed by atoms with Crippen LogP contribution in [0.25, 0.3) is 0 Å². The molecule has 4 heteroatoms. The third-order valence-corrected chi connectivity index (χ3v) is 4.66. The van der Waals surface area contributed by atoms with Crippen molar-refractivity contribution in [3.8, 4) is 0 Å². The fraction of sp³-hybridized carbons (Fsp3) is 0.688. The van der Waals surface area contributed by atoms with Gasteiger partial charge in [-0.3, -0.25) is 4.79 Å². The van der Waals surface area contributed by atoms with E-state index in [4.69, 9.17) is 0 Å². The van der Waals surface area contributed by atoms with Gasteiger partial charge in [-0.25, -0.2) is 0 Å². The van der Waals surface area contributed by atoms with E-state index in [2.05, 4.69) is 35.1 Å². The van der Waals surface area contributed by atoms with Crippen LogP contribution >= 0.6 is 0 Å². The summed E-state index contributed by atoms with van der Waals surface area (Å²) < 4.78 is 2.44. The average Bonchev–Trinajstić information content (AvgIpc) is 3.24. The normalized spacial score (nSPS) is 20.1. The number of carbonyl (C=O) groups is 1. The van der Waals surface area contributed by atoms with Gasteiger partial charge in [0, 0.05) is 29.9 Å². The summed E-state index contributed by atoms with van der Waals surface area (Å²) in [5.41, 5.74) is 3.93. The Morgan fingerprint density at radius 3 is 2.65 bits per heavy atom. The molecule has 1 saturated heterocycles. The summed E-state index contributed by atoms with van der Waals surface area (Å²) in [6.07, 6.45) is 4.54. The minimum Gasteiger partial charge on any atom is -0.352 e. The molecule has 1 amide bonds. The first kappa shape index (κ1) is 13.7. The molecule has 0 aromatic carbocycles. The Hall–Kier alpha value is -1.29. The number of nitrogens with one attached hydrogen (secondary N) is 2. The van der Waals surface area contributed by atoms with Gasteiger partial charge in [0.25, 0.3) is 0 Å². The molecule has 2 fully saturated rings. The van der Waals surface area contributed by atoms with Crippen molar-refractivity contribution in [1.82, 2.24) is 15.2 Å². The predicted octanol–water partition coefficient (Wildman–Crippen LogP) is 2.06. The molecule has 20 heavy (non-hydrogen) atoms. The van der Waals surface area contributed by atoms with E-state index >= 15 is 0 Å². The van der Waals surface area contributed by atoms with Crippen molar-refractivity contribution in [3.05, 3.63) is 23.0 Å².